The van der Waals surface area contributed by atoms with Gasteiger partial charge in [0.2, 0.25) is 0 Å². The largest absolute Gasteiger partial charge is 0.292 e. The van der Waals surface area contributed by atoms with Crippen LogP contribution in [0.25, 0.3) is 61.5 Å². The lowest BCUT2D eigenvalue weighted by atomic mass is 9.51. The Morgan fingerprint density at radius 1 is 0.308 bits per heavy atom. The van der Waals surface area contributed by atoms with Gasteiger partial charge in [0, 0.05) is 11.3 Å². The lowest BCUT2D eigenvalue weighted by Gasteiger charge is -2.49. The first-order valence-electron chi connectivity index (χ1n) is 22.5. The van der Waals surface area contributed by atoms with Gasteiger partial charge in [-0.15, -0.1) is 0 Å². The Morgan fingerprint density at radius 2 is 0.785 bits per heavy atom. The maximum absolute atomic E-state index is 5.23. The van der Waals surface area contributed by atoms with Crippen molar-refractivity contribution in [3.05, 3.63) is 299 Å². The fourth-order valence-corrected chi connectivity index (χ4v) is 11.5. The van der Waals surface area contributed by atoms with Gasteiger partial charge in [0.25, 0.3) is 0 Å². The maximum atomic E-state index is 5.23. The average Bonchev–Trinajstić information content (AvgIpc) is 3.93. The van der Waals surface area contributed by atoms with E-state index in [1.165, 1.54) is 72.3 Å². The highest BCUT2D eigenvalue weighted by Gasteiger charge is 2.57. The Morgan fingerprint density at radius 3 is 1.52 bits per heavy atom. The van der Waals surface area contributed by atoms with Gasteiger partial charge in [-0.2, -0.15) is 0 Å². The van der Waals surface area contributed by atoms with E-state index in [1.807, 2.05) is 0 Å². The van der Waals surface area contributed by atoms with Crippen molar-refractivity contribution < 1.29 is 0 Å². The number of hydrogen-bond acceptors (Lipinski definition) is 1. The highest BCUT2D eigenvalue weighted by atomic mass is 15.1. The summed E-state index contributed by atoms with van der Waals surface area (Å²) in [5, 5.41) is 0. The molecular formula is C63H42N2. The smallest absolute Gasteiger partial charge is 0.145 e. The van der Waals surface area contributed by atoms with Gasteiger partial charge in [0.05, 0.1) is 21.9 Å². The molecule has 11 aromatic rings. The van der Waals surface area contributed by atoms with Gasteiger partial charge in [-0.3, -0.25) is 4.57 Å². The first-order valence-corrected chi connectivity index (χ1v) is 22.5. The zero-order valence-electron chi connectivity index (χ0n) is 35.6. The van der Waals surface area contributed by atoms with Crippen LogP contribution in [0, 0.1) is 0 Å². The van der Waals surface area contributed by atoms with Gasteiger partial charge in [0.15, 0.2) is 0 Å². The second-order valence-electron chi connectivity index (χ2n) is 17.4. The number of fused-ring (bicyclic) bond motifs is 6. The van der Waals surface area contributed by atoms with Crippen LogP contribution >= 0.6 is 0 Å². The number of nitrogens with zero attached hydrogens (tertiary/aromatic N) is 2. The first-order chi connectivity index (χ1) is 32.2. The summed E-state index contributed by atoms with van der Waals surface area (Å²) >= 11 is 0. The highest BCUT2D eigenvalue weighted by molar-refractivity contribution is 5.92. The number of imidazole rings is 1. The molecule has 2 atom stereocenters. The standard InChI is InChI=1S/C63H42N2/c1-4-18-43(19-5-1)44-38-40-51(41-39-44)65-59-33-15-14-32-58(59)64-61(65)46-36-34-45(35-37-46)47-20-16-25-50(42-47)62(48-21-6-2-7-22-48)55-29-12-13-30-56(55)63(49-23-8-3-9-24-49)54-28-11-10-26-52(54)53-27-17-31-57(62)60(53)63/h1-42H. The molecule has 0 radical (unpaired) electrons. The number of hydrogen-bond donors (Lipinski definition) is 0. The molecule has 2 aliphatic rings. The van der Waals surface area contributed by atoms with E-state index < -0.39 is 10.8 Å². The van der Waals surface area contributed by atoms with Crippen LogP contribution in [0.5, 0.6) is 0 Å². The van der Waals surface area contributed by atoms with Crippen LogP contribution < -0.4 is 0 Å². The Kier molecular flexibility index (Phi) is 8.38. The fraction of sp³-hybridized carbons (Fsp3) is 0.0317. The van der Waals surface area contributed by atoms with Crippen LogP contribution in [0.1, 0.15) is 44.5 Å². The minimum atomic E-state index is -0.611. The second kappa shape index (κ2) is 14.6. The van der Waals surface area contributed by atoms with Crippen molar-refractivity contribution in [3.8, 4) is 50.5 Å². The van der Waals surface area contributed by atoms with Gasteiger partial charge < -0.3 is 0 Å². The highest BCUT2D eigenvalue weighted by Crippen LogP contribution is 2.65. The minimum absolute atomic E-state index is 0.480. The summed E-state index contributed by atoms with van der Waals surface area (Å²) < 4.78 is 2.29. The molecule has 1 aromatic heterocycles. The van der Waals surface area contributed by atoms with E-state index in [0.717, 1.165) is 33.7 Å². The fourth-order valence-electron chi connectivity index (χ4n) is 11.5. The van der Waals surface area contributed by atoms with Crippen LogP contribution in [-0.2, 0) is 10.8 Å². The van der Waals surface area contributed by atoms with Crippen LogP contribution in [0.2, 0.25) is 0 Å². The van der Waals surface area contributed by atoms with E-state index in [-0.39, 0.29) is 0 Å². The predicted molar refractivity (Wildman–Crippen MR) is 267 cm³/mol. The van der Waals surface area contributed by atoms with Crippen molar-refractivity contribution in [2.24, 2.45) is 0 Å². The SMILES string of the molecule is c1ccc(-c2ccc(-n3c(-c4ccc(-c5cccc(C6(c7ccccc7)c7ccccc7C7(c8ccccc8)c8ccccc8-c8cccc6c87)c5)cc4)nc4ccccc43)cc2)cc1. The molecule has 0 spiro atoms. The molecule has 0 saturated carbocycles. The van der Waals surface area contributed by atoms with E-state index in [2.05, 4.69) is 259 Å². The molecule has 0 N–H and O–H groups in total. The lowest BCUT2D eigenvalue weighted by molar-refractivity contribution is 0.627. The summed E-state index contributed by atoms with van der Waals surface area (Å²) in [6.45, 7) is 0. The molecule has 1 heterocycles. The summed E-state index contributed by atoms with van der Waals surface area (Å²) in [5.74, 6) is 0.918. The lowest BCUT2D eigenvalue weighted by Crippen LogP contribution is -2.44. The molecule has 0 bridgehead atoms. The Hall–Kier alpha value is -8.33. The van der Waals surface area contributed by atoms with Crippen molar-refractivity contribution in [2.75, 3.05) is 0 Å². The van der Waals surface area contributed by atoms with Crippen LogP contribution in [0.3, 0.4) is 0 Å². The van der Waals surface area contributed by atoms with Crippen molar-refractivity contribution >= 4 is 11.0 Å². The third-order valence-corrected chi connectivity index (χ3v) is 14.2. The molecular weight excluding hydrogens is 785 g/mol. The number of aromatic nitrogens is 2. The van der Waals surface area contributed by atoms with Crippen LogP contribution in [0.15, 0.2) is 255 Å². The molecule has 2 nitrogen and oxygen atoms in total. The van der Waals surface area contributed by atoms with E-state index >= 15 is 0 Å². The Labute approximate surface area is 379 Å². The van der Waals surface area contributed by atoms with Crippen molar-refractivity contribution in [3.63, 3.8) is 0 Å². The van der Waals surface area contributed by atoms with Gasteiger partial charge in [-0.25, -0.2) is 4.98 Å². The second-order valence-corrected chi connectivity index (χ2v) is 17.4. The normalized spacial score (nSPS) is 16.7. The van der Waals surface area contributed by atoms with Gasteiger partial charge in [0.1, 0.15) is 5.82 Å². The van der Waals surface area contributed by atoms with Crippen molar-refractivity contribution in [2.45, 2.75) is 10.8 Å². The Balaban J connectivity index is 0.978. The zero-order valence-corrected chi connectivity index (χ0v) is 35.6. The number of para-hydroxylation sites is 2. The molecule has 2 heteroatoms. The van der Waals surface area contributed by atoms with Gasteiger partial charge in [-0.1, -0.05) is 224 Å². The monoisotopic (exact) mass is 826 g/mol. The van der Waals surface area contributed by atoms with E-state index in [4.69, 9.17) is 4.98 Å². The quantitative estimate of drug-likeness (QED) is 0.156. The van der Waals surface area contributed by atoms with Gasteiger partial charge >= 0.3 is 0 Å². The molecule has 0 aliphatic heterocycles. The number of rotatable bonds is 7. The first kappa shape index (κ1) is 37.2. The molecule has 0 fully saturated rings. The molecule has 2 aliphatic carbocycles. The van der Waals surface area contributed by atoms with E-state index in [0.29, 0.717) is 0 Å². The third-order valence-electron chi connectivity index (χ3n) is 14.2. The maximum Gasteiger partial charge on any atom is 0.145 e. The third kappa shape index (κ3) is 5.38. The van der Waals surface area contributed by atoms with E-state index in [9.17, 15) is 0 Å². The summed E-state index contributed by atoms with van der Waals surface area (Å²) in [6, 6.07) is 93.8. The summed E-state index contributed by atoms with van der Waals surface area (Å²) in [6.07, 6.45) is 0. The summed E-state index contributed by atoms with van der Waals surface area (Å²) in [5.41, 5.74) is 20.9. The van der Waals surface area contributed by atoms with Crippen LogP contribution in [0.4, 0.5) is 0 Å². The topological polar surface area (TPSA) is 17.8 Å². The van der Waals surface area contributed by atoms with Crippen LogP contribution in [-0.4, -0.2) is 9.55 Å². The molecule has 0 saturated heterocycles. The van der Waals surface area contributed by atoms with Gasteiger partial charge in [-0.05, 0) is 108 Å². The number of benzene rings is 10. The Bertz CT molecular complexity index is 3570. The molecule has 13 rings (SSSR count). The molecule has 2 unspecified atom stereocenters. The minimum Gasteiger partial charge on any atom is -0.292 e. The molecule has 304 valence electrons. The summed E-state index contributed by atoms with van der Waals surface area (Å²) in [4.78, 5) is 5.23. The predicted octanol–water partition coefficient (Wildman–Crippen LogP) is 15.1. The zero-order chi connectivity index (χ0) is 43.0. The average molecular weight is 827 g/mol. The van der Waals surface area contributed by atoms with E-state index in [1.54, 1.807) is 0 Å². The molecule has 65 heavy (non-hydrogen) atoms. The van der Waals surface area contributed by atoms with Crippen molar-refractivity contribution in [1.29, 1.82) is 0 Å². The molecule has 10 aromatic carbocycles. The van der Waals surface area contributed by atoms with Crippen molar-refractivity contribution in [1.82, 2.24) is 9.55 Å². The molecule has 0 amide bonds. The summed E-state index contributed by atoms with van der Waals surface area (Å²) in [7, 11) is 0.